The number of rotatable bonds is 1. The standard InChI is InChI=1S/C8H8N4O2/c1-14-8(13)12-5-2-6-7(9-3-5)11-4-10-6/h2-4H,1H3,(H,12,13)(H,9,10,11). The van der Waals surface area contributed by atoms with E-state index in [4.69, 9.17) is 0 Å². The van der Waals surface area contributed by atoms with Crippen LogP contribution in [0.25, 0.3) is 11.2 Å². The molecule has 14 heavy (non-hydrogen) atoms. The van der Waals surface area contributed by atoms with Crippen LogP contribution in [0.1, 0.15) is 0 Å². The summed E-state index contributed by atoms with van der Waals surface area (Å²) >= 11 is 0. The van der Waals surface area contributed by atoms with Crippen LogP contribution in [0.4, 0.5) is 10.5 Å². The van der Waals surface area contributed by atoms with E-state index in [1.54, 1.807) is 12.4 Å². The Morgan fingerprint density at radius 2 is 2.43 bits per heavy atom. The topological polar surface area (TPSA) is 79.9 Å². The Hall–Kier alpha value is -2.11. The number of ether oxygens (including phenoxy) is 1. The van der Waals surface area contributed by atoms with Crippen molar-refractivity contribution in [2.45, 2.75) is 0 Å². The summed E-state index contributed by atoms with van der Waals surface area (Å²) < 4.78 is 4.44. The first kappa shape index (κ1) is 8.49. The molecule has 0 bridgehead atoms. The van der Waals surface area contributed by atoms with E-state index in [2.05, 4.69) is 25.0 Å². The monoisotopic (exact) mass is 192 g/mol. The molecule has 0 atom stereocenters. The minimum atomic E-state index is -0.523. The zero-order valence-electron chi connectivity index (χ0n) is 7.44. The van der Waals surface area contributed by atoms with E-state index >= 15 is 0 Å². The van der Waals surface area contributed by atoms with Gasteiger partial charge in [-0.05, 0) is 6.07 Å². The second kappa shape index (κ2) is 3.33. The molecule has 0 spiro atoms. The van der Waals surface area contributed by atoms with Gasteiger partial charge in [-0.1, -0.05) is 0 Å². The Bertz CT molecular complexity index is 465. The highest BCUT2D eigenvalue weighted by molar-refractivity contribution is 5.86. The zero-order chi connectivity index (χ0) is 9.97. The summed E-state index contributed by atoms with van der Waals surface area (Å²) in [6, 6.07) is 1.73. The SMILES string of the molecule is COC(=O)Nc1cnc2nc[nH]c2c1. The highest BCUT2D eigenvalue weighted by Gasteiger charge is 2.03. The Morgan fingerprint density at radius 1 is 1.57 bits per heavy atom. The van der Waals surface area contributed by atoms with E-state index in [1.807, 2.05) is 0 Å². The number of aromatic nitrogens is 3. The first-order valence-corrected chi connectivity index (χ1v) is 3.93. The molecule has 0 saturated carbocycles. The van der Waals surface area contributed by atoms with Crippen molar-refractivity contribution in [1.29, 1.82) is 0 Å². The molecule has 0 saturated heterocycles. The number of anilines is 1. The highest BCUT2D eigenvalue weighted by Crippen LogP contribution is 2.12. The number of carbonyl (C=O) groups excluding carboxylic acids is 1. The van der Waals surface area contributed by atoms with Gasteiger partial charge in [-0.2, -0.15) is 0 Å². The third-order valence-electron chi connectivity index (χ3n) is 1.71. The number of pyridine rings is 1. The quantitative estimate of drug-likeness (QED) is 0.709. The van der Waals surface area contributed by atoms with Gasteiger partial charge in [0.25, 0.3) is 0 Å². The number of nitrogens with one attached hydrogen (secondary N) is 2. The van der Waals surface area contributed by atoms with E-state index in [9.17, 15) is 4.79 Å². The van der Waals surface area contributed by atoms with Crippen molar-refractivity contribution in [3.63, 3.8) is 0 Å². The fourth-order valence-corrected chi connectivity index (χ4v) is 1.07. The number of fused-ring (bicyclic) bond motifs is 1. The van der Waals surface area contributed by atoms with Crippen molar-refractivity contribution in [3.05, 3.63) is 18.6 Å². The number of nitrogens with zero attached hydrogens (tertiary/aromatic N) is 2. The molecule has 0 aromatic carbocycles. The van der Waals surface area contributed by atoms with Crippen LogP contribution < -0.4 is 5.32 Å². The van der Waals surface area contributed by atoms with Gasteiger partial charge < -0.3 is 9.72 Å². The van der Waals surface area contributed by atoms with E-state index in [1.165, 1.54) is 13.3 Å². The fraction of sp³-hybridized carbons (Fsp3) is 0.125. The lowest BCUT2D eigenvalue weighted by Gasteiger charge is -2.01. The first-order chi connectivity index (χ1) is 6.79. The summed E-state index contributed by atoms with van der Waals surface area (Å²) in [5.41, 5.74) is 1.94. The van der Waals surface area contributed by atoms with Crippen molar-refractivity contribution in [2.24, 2.45) is 0 Å². The minimum absolute atomic E-state index is 0.523. The van der Waals surface area contributed by atoms with Crippen LogP contribution in [0.15, 0.2) is 18.6 Å². The number of hydrogen-bond donors (Lipinski definition) is 2. The molecule has 2 rings (SSSR count). The summed E-state index contributed by atoms with van der Waals surface area (Å²) in [6.07, 6.45) is 2.53. The highest BCUT2D eigenvalue weighted by atomic mass is 16.5. The second-order valence-electron chi connectivity index (χ2n) is 2.61. The maximum Gasteiger partial charge on any atom is 0.411 e. The molecule has 6 nitrogen and oxygen atoms in total. The van der Waals surface area contributed by atoms with E-state index in [-0.39, 0.29) is 0 Å². The molecule has 1 amide bonds. The Labute approximate surface area is 79.3 Å². The number of amides is 1. The summed E-state index contributed by atoms with van der Waals surface area (Å²) in [5.74, 6) is 0. The lowest BCUT2D eigenvalue weighted by Crippen LogP contribution is -2.10. The third-order valence-corrected chi connectivity index (χ3v) is 1.71. The number of carbonyl (C=O) groups is 1. The van der Waals surface area contributed by atoms with Crippen LogP contribution in [-0.2, 0) is 4.74 Å². The Kier molecular flexibility index (Phi) is 2.02. The van der Waals surface area contributed by atoms with Gasteiger partial charge in [0.2, 0.25) is 0 Å². The fourth-order valence-electron chi connectivity index (χ4n) is 1.07. The summed E-state index contributed by atoms with van der Waals surface area (Å²) in [4.78, 5) is 21.7. The van der Waals surface area contributed by atoms with Gasteiger partial charge in [-0.25, -0.2) is 14.8 Å². The molecule has 2 N–H and O–H groups in total. The molecule has 0 radical (unpaired) electrons. The normalized spacial score (nSPS) is 10.1. The van der Waals surface area contributed by atoms with Crippen LogP contribution in [0.5, 0.6) is 0 Å². The molecule has 0 aliphatic carbocycles. The lowest BCUT2D eigenvalue weighted by molar-refractivity contribution is 0.187. The number of hydrogen-bond acceptors (Lipinski definition) is 4. The van der Waals surface area contributed by atoms with Gasteiger partial charge in [0.15, 0.2) is 5.65 Å². The van der Waals surface area contributed by atoms with Gasteiger partial charge in [-0.15, -0.1) is 0 Å². The Balaban J connectivity index is 2.30. The summed E-state index contributed by atoms with van der Waals surface area (Å²) in [7, 11) is 1.30. The smallest absolute Gasteiger partial charge is 0.411 e. The third kappa shape index (κ3) is 1.49. The van der Waals surface area contributed by atoms with Crippen LogP contribution in [0.2, 0.25) is 0 Å². The maximum atomic E-state index is 10.9. The zero-order valence-corrected chi connectivity index (χ0v) is 7.44. The van der Waals surface area contributed by atoms with Gasteiger partial charge in [0.05, 0.1) is 30.8 Å². The van der Waals surface area contributed by atoms with Crippen molar-refractivity contribution < 1.29 is 9.53 Å². The Morgan fingerprint density at radius 3 is 3.21 bits per heavy atom. The summed E-state index contributed by atoms with van der Waals surface area (Å²) in [5, 5.41) is 2.50. The van der Waals surface area contributed by atoms with Crippen LogP contribution in [0.3, 0.4) is 0 Å². The molecular formula is C8H8N4O2. The van der Waals surface area contributed by atoms with Crippen LogP contribution >= 0.6 is 0 Å². The van der Waals surface area contributed by atoms with Gasteiger partial charge in [-0.3, -0.25) is 5.32 Å². The van der Waals surface area contributed by atoms with Crippen molar-refractivity contribution in [1.82, 2.24) is 15.0 Å². The molecule has 2 heterocycles. The predicted molar refractivity (Wildman–Crippen MR) is 49.9 cm³/mol. The maximum absolute atomic E-state index is 10.9. The molecular weight excluding hydrogens is 184 g/mol. The number of methoxy groups -OCH3 is 1. The number of H-pyrrole nitrogens is 1. The largest absolute Gasteiger partial charge is 0.453 e. The predicted octanol–water partition coefficient (Wildman–Crippen LogP) is 1.14. The molecule has 72 valence electrons. The molecule has 0 fully saturated rings. The van der Waals surface area contributed by atoms with Gasteiger partial charge in [0, 0.05) is 0 Å². The average Bonchev–Trinajstić information content (AvgIpc) is 2.64. The van der Waals surface area contributed by atoms with Gasteiger partial charge >= 0.3 is 6.09 Å². The summed E-state index contributed by atoms with van der Waals surface area (Å²) in [6.45, 7) is 0. The van der Waals surface area contributed by atoms with Gasteiger partial charge in [0.1, 0.15) is 0 Å². The molecule has 2 aromatic rings. The minimum Gasteiger partial charge on any atom is -0.453 e. The van der Waals surface area contributed by atoms with Crippen LogP contribution in [-0.4, -0.2) is 28.2 Å². The first-order valence-electron chi connectivity index (χ1n) is 3.93. The molecule has 0 aliphatic heterocycles. The van der Waals surface area contributed by atoms with Crippen molar-refractivity contribution in [3.8, 4) is 0 Å². The van der Waals surface area contributed by atoms with E-state index < -0.39 is 6.09 Å². The number of imidazole rings is 1. The van der Waals surface area contributed by atoms with Crippen LogP contribution in [0, 0.1) is 0 Å². The molecule has 6 heteroatoms. The van der Waals surface area contributed by atoms with E-state index in [0.717, 1.165) is 5.52 Å². The van der Waals surface area contributed by atoms with Crippen molar-refractivity contribution >= 4 is 22.9 Å². The second-order valence-corrected chi connectivity index (χ2v) is 2.61. The number of aromatic amines is 1. The van der Waals surface area contributed by atoms with Crippen molar-refractivity contribution in [2.75, 3.05) is 12.4 Å². The lowest BCUT2D eigenvalue weighted by atomic mass is 10.4. The van der Waals surface area contributed by atoms with E-state index in [0.29, 0.717) is 11.3 Å². The average molecular weight is 192 g/mol. The molecule has 0 aliphatic rings. The molecule has 0 unspecified atom stereocenters. The molecule has 2 aromatic heterocycles.